The fourth-order valence-corrected chi connectivity index (χ4v) is 3.71. The molecule has 33 heavy (non-hydrogen) atoms. The number of aliphatic imine (C=N–C) groups is 1. The van der Waals surface area contributed by atoms with Gasteiger partial charge in [0, 0.05) is 81.0 Å². The van der Waals surface area contributed by atoms with Gasteiger partial charge in [0.2, 0.25) is 0 Å². The Morgan fingerprint density at radius 2 is 1.70 bits per heavy atom. The quantitative estimate of drug-likeness (QED) is 0.572. The van der Waals surface area contributed by atoms with Gasteiger partial charge in [-0.2, -0.15) is 0 Å². The Labute approximate surface area is 193 Å². The van der Waals surface area contributed by atoms with E-state index in [0.29, 0.717) is 12.2 Å². The second-order valence-electron chi connectivity index (χ2n) is 7.58. The molecule has 1 aromatic carbocycles. The van der Waals surface area contributed by atoms with Crippen LogP contribution < -0.4 is 10.2 Å². The zero-order valence-electron chi connectivity index (χ0n) is 18.4. The number of anilines is 2. The molecule has 0 amide bonds. The number of carboxylic acids is 2. The van der Waals surface area contributed by atoms with Gasteiger partial charge in [0.1, 0.15) is 5.82 Å². The smallest absolute Gasteiger partial charge is 0.328 e. The third-order valence-electron chi connectivity index (χ3n) is 5.35. The number of benzene rings is 1. The van der Waals surface area contributed by atoms with Gasteiger partial charge >= 0.3 is 11.9 Å². The predicted octanol–water partition coefficient (Wildman–Crippen LogP) is 2.22. The van der Waals surface area contributed by atoms with E-state index in [9.17, 15) is 9.59 Å². The summed E-state index contributed by atoms with van der Waals surface area (Å²) in [5, 5.41) is 19.1. The van der Waals surface area contributed by atoms with Gasteiger partial charge in [0.25, 0.3) is 0 Å². The molecule has 1 saturated heterocycles. The second-order valence-corrected chi connectivity index (χ2v) is 7.58. The van der Waals surface area contributed by atoms with Crippen molar-refractivity contribution in [2.75, 3.05) is 56.0 Å². The normalized spacial score (nSPS) is 17.1. The number of hydrogen-bond acceptors (Lipinski definition) is 7. The van der Waals surface area contributed by atoms with Gasteiger partial charge < -0.3 is 20.4 Å². The lowest BCUT2D eigenvalue weighted by atomic mass is 10.0. The number of pyridine rings is 1. The van der Waals surface area contributed by atoms with Crippen molar-refractivity contribution in [3.05, 3.63) is 66.4 Å². The number of nitrogens with one attached hydrogen (secondary N) is 1. The van der Waals surface area contributed by atoms with E-state index in [4.69, 9.17) is 15.2 Å². The molecule has 174 valence electrons. The highest BCUT2D eigenvalue weighted by Gasteiger charge is 2.18. The van der Waals surface area contributed by atoms with Crippen LogP contribution in [0, 0.1) is 0 Å². The number of para-hydroxylation sites is 1. The van der Waals surface area contributed by atoms with Gasteiger partial charge in [-0.25, -0.2) is 14.6 Å². The zero-order chi connectivity index (χ0) is 23.5. The molecular formula is C24H29N5O4. The molecule has 0 aliphatic carbocycles. The maximum atomic E-state index is 9.55. The molecule has 2 aliphatic heterocycles. The lowest BCUT2D eigenvalue weighted by Crippen LogP contribution is -2.47. The number of fused-ring (bicyclic) bond motifs is 1. The van der Waals surface area contributed by atoms with E-state index >= 15 is 0 Å². The SMILES string of the molecule is O=C(O)C=CC(=O)O.c1ccc(N2CCN(CCN=C3CCNc4ccccc43)CC2)nc1. The number of aromatic nitrogens is 1. The highest BCUT2D eigenvalue weighted by atomic mass is 16.4. The number of aliphatic carboxylic acids is 2. The molecule has 0 saturated carbocycles. The predicted molar refractivity (Wildman–Crippen MR) is 128 cm³/mol. The van der Waals surface area contributed by atoms with Gasteiger partial charge in [-0.1, -0.05) is 24.3 Å². The highest BCUT2D eigenvalue weighted by Crippen LogP contribution is 2.21. The number of carboxylic acid groups (broad SMARTS) is 2. The summed E-state index contributed by atoms with van der Waals surface area (Å²) < 4.78 is 0. The number of hydrogen-bond donors (Lipinski definition) is 3. The Morgan fingerprint density at radius 1 is 1.00 bits per heavy atom. The van der Waals surface area contributed by atoms with Gasteiger partial charge in [-0.15, -0.1) is 0 Å². The first-order valence-electron chi connectivity index (χ1n) is 10.9. The first-order chi connectivity index (χ1) is 16.0. The van der Waals surface area contributed by atoms with E-state index in [2.05, 4.69) is 56.5 Å². The van der Waals surface area contributed by atoms with Crippen molar-refractivity contribution >= 4 is 29.2 Å². The molecule has 3 N–H and O–H groups in total. The highest BCUT2D eigenvalue weighted by molar-refractivity contribution is 6.06. The molecule has 9 nitrogen and oxygen atoms in total. The third-order valence-corrected chi connectivity index (χ3v) is 5.35. The summed E-state index contributed by atoms with van der Waals surface area (Å²) in [6, 6.07) is 14.6. The van der Waals surface area contributed by atoms with Crippen LogP contribution in [-0.2, 0) is 9.59 Å². The maximum absolute atomic E-state index is 9.55. The topological polar surface area (TPSA) is 118 Å². The first-order valence-corrected chi connectivity index (χ1v) is 10.9. The molecule has 0 atom stereocenters. The molecule has 3 heterocycles. The van der Waals surface area contributed by atoms with E-state index < -0.39 is 11.9 Å². The van der Waals surface area contributed by atoms with Crippen molar-refractivity contribution in [1.29, 1.82) is 0 Å². The molecule has 0 spiro atoms. The van der Waals surface area contributed by atoms with Crippen LogP contribution >= 0.6 is 0 Å². The average molecular weight is 452 g/mol. The van der Waals surface area contributed by atoms with Crippen LogP contribution in [0.5, 0.6) is 0 Å². The van der Waals surface area contributed by atoms with Crippen LogP contribution in [-0.4, -0.2) is 83.6 Å². The minimum atomic E-state index is -1.26. The molecule has 9 heteroatoms. The fourth-order valence-electron chi connectivity index (χ4n) is 3.71. The Hall–Kier alpha value is -3.72. The van der Waals surface area contributed by atoms with E-state index in [1.165, 1.54) is 17.0 Å². The van der Waals surface area contributed by atoms with Gasteiger partial charge in [0.15, 0.2) is 0 Å². The Morgan fingerprint density at radius 3 is 2.36 bits per heavy atom. The Balaban J connectivity index is 0.000000331. The van der Waals surface area contributed by atoms with Crippen LogP contribution in [0.25, 0.3) is 0 Å². The third kappa shape index (κ3) is 7.73. The monoisotopic (exact) mass is 451 g/mol. The van der Waals surface area contributed by atoms with Crippen LogP contribution in [0.3, 0.4) is 0 Å². The molecule has 2 aromatic rings. The van der Waals surface area contributed by atoms with E-state index in [1.54, 1.807) is 0 Å². The fraction of sp³-hybridized carbons (Fsp3) is 0.333. The van der Waals surface area contributed by atoms with E-state index in [1.807, 2.05) is 12.3 Å². The van der Waals surface area contributed by atoms with Crippen molar-refractivity contribution in [3.63, 3.8) is 0 Å². The van der Waals surface area contributed by atoms with Crippen molar-refractivity contribution in [2.45, 2.75) is 6.42 Å². The van der Waals surface area contributed by atoms with Gasteiger partial charge in [-0.05, 0) is 18.2 Å². The maximum Gasteiger partial charge on any atom is 0.328 e. The number of nitrogens with zero attached hydrogens (tertiary/aromatic N) is 4. The summed E-state index contributed by atoms with van der Waals surface area (Å²) in [5.74, 6) is -1.42. The van der Waals surface area contributed by atoms with Gasteiger partial charge in [0.05, 0.1) is 6.54 Å². The minimum Gasteiger partial charge on any atom is -0.478 e. The molecule has 0 bridgehead atoms. The average Bonchev–Trinajstić information content (AvgIpc) is 2.84. The summed E-state index contributed by atoms with van der Waals surface area (Å²) in [5.41, 5.74) is 3.74. The summed E-state index contributed by atoms with van der Waals surface area (Å²) >= 11 is 0. The molecule has 1 fully saturated rings. The molecule has 2 aliphatic rings. The van der Waals surface area contributed by atoms with E-state index in [-0.39, 0.29) is 0 Å². The Kier molecular flexibility index (Phi) is 8.96. The molecule has 4 rings (SSSR count). The standard InChI is InChI=1S/C20H25N5.C4H4O4/c1-2-6-18-17(5-1)19(8-10-21-18)22-11-12-24-13-15-25(16-14-24)20-7-3-4-9-23-20;5-3(6)1-2-4(7)8/h1-7,9,21H,8,10-16H2;1-2H,(H,5,6)(H,7,8). The van der Waals surface area contributed by atoms with Crippen molar-refractivity contribution < 1.29 is 19.8 Å². The summed E-state index contributed by atoms with van der Waals surface area (Å²) in [7, 11) is 0. The second kappa shape index (κ2) is 12.4. The Bertz CT molecular complexity index is 969. The van der Waals surface area contributed by atoms with Crippen molar-refractivity contribution in [1.82, 2.24) is 9.88 Å². The summed E-state index contributed by atoms with van der Waals surface area (Å²) in [6.07, 6.45) is 4.00. The van der Waals surface area contributed by atoms with Crippen LogP contribution in [0.4, 0.5) is 11.5 Å². The summed E-state index contributed by atoms with van der Waals surface area (Å²) in [4.78, 5) is 33.3. The molecule has 0 unspecified atom stereocenters. The largest absolute Gasteiger partial charge is 0.478 e. The lowest BCUT2D eigenvalue weighted by molar-refractivity contribution is -0.134. The van der Waals surface area contributed by atoms with Crippen LogP contribution in [0.15, 0.2) is 65.8 Å². The van der Waals surface area contributed by atoms with Crippen LogP contribution in [0.1, 0.15) is 12.0 Å². The number of rotatable bonds is 6. The minimum absolute atomic E-state index is 0.558. The molecule has 1 aromatic heterocycles. The van der Waals surface area contributed by atoms with E-state index in [0.717, 1.165) is 58.1 Å². The lowest BCUT2D eigenvalue weighted by Gasteiger charge is -2.35. The first kappa shape index (κ1) is 23.9. The van der Waals surface area contributed by atoms with Crippen molar-refractivity contribution in [3.8, 4) is 0 Å². The number of carbonyl (C=O) groups is 2. The van der Waals surface area contributed by atoms with Crippen molar-refractivity contribution in [2.24, 2.45) is 4.99 Å². The zero-order valence-corrected chi connectivity index (χ0v) is 18.4. The number of piperazine rings is 1. The summed E-state index contributed by atoms with van der Waals surface area (Å²) in [6.45, 7) is 7.15. The molecular weight excluding hydrogens is 422 g/mol. The van der Waals surface area contributed by atoms with Crippen LogP contribution in [0.2, 0.25) is 0 Å². The van der Waals surface area contributed by atoms with Gasteiger partial charge in [-0.3, -0.25) is 9.89 Å². The molecule has 0 radical (unpaired) electrons.